The maximum Gasteiger partial charge on any atom is 0.331 e. The molecular weight excluding hydrogens is 498 g/mol. The van der Waals surface area contributed by atoms with Crippen LogP contribution in [0.4, 0.5) is 0 Å². The smallest absolute Gasteiger partial charge is 0.331 e. The maximum absolute atomic E-state index is 13.2. The molecule has 0 spiro atoms. The average molecular weight is 542 g/mol. The van der Waals surface area contributed by atoms with Crippen molar-refractivity contribution in [3.05, 3.63) is 113 Å². The molecule has 0 fully saturated rings. The molecule has 3 aromatic carbocycles. The Morgan fingerprint density at radius 2 is 1.30 bits per heavy atom. The Bertz CT molecular complexity index is 1250. The van der Waals surface area contributed by atoms with Gasteiger partial charge < -0.3 is 9.47 Å². The molecule has 0 unspecified atom stereocenters. The number of ether oxygens (including phenoxy) is 2. The fourth-order valence-electron chi connectivity index (χ4n) is 4.53. The molecule has 0 aliphatic heterocycles. The van der Waals surface area contributed by atoms with Crippen molar-refractivity contribution in [1.82, 2.24) is 4.90 Å². The Labute approximate surface area is 239 Å². The van der Waals surface area contributed by atoms with Crippen molar-refractivity contribution in [3.63, 3.8) is 0 Å². The van der Waals surface area contributed by atoms with Crippen LogP contribution in [0.2, 0.25) is 0 Å². The van der Waals surface area contributed by atoms with Crippen LogP contribution in [0.15, 0.2) is 91.0 Å². The zero-order chi connectivity index (χ0) is 29.3. The number of hydrogen-bond acceptors (Lipinski definition) is 5. The van der Waals surface area contributed by atoms with Crippen molar-refractivity contribution in [2.24, 2.45) is 0 Å². The summed E-state index contributed by atoms with van der Waals surface area (Å²) in [6.07, 6.45) is 3.39. The molecule has 3 rings (SSSR count). The molecule has 0 radical (unpaired) electrons. The topological polar surface area (TPSA) is 55.8 Å². The monoisotopic (exact) mass is 541 g/mol. The summed E-state index contributed by atoms with van der Waals surface area (Å²) in [6, 6.07) is 28.4. The summed E-state index contributed by atoms with van der Waals surface area (Å²) in [4.78, 5) is 27.7. The number of hydrogen-bond donors (Lipinski definition) is 0. The van der Waals surface area contributed by atoms with E-state index >= 15 is 0 Å². The van der Waals surface area contributed by atoms with Crippen LogP contribution in [-0.4, -0.2) is 28.0 Å². The molecule has 0 aromatic heterocycles. The van der Waals surface area contributed by atoms with Gasteiger partial charge in [-0.3, -0.25) is 9.69 Å². The molecule has 0 aliphatic rings. The van der Waals surface area contributed by atoms with Gasteiger partial charge >= 0.3 is 11.9 Å². The van der Waals surface area contributed by atoms with Gasteiger partial charge in [0.25, 0.3) is 0 Å². The second kappa shape index (κ2) is 13.6. The average Bonchev–Trinajstić information content (AvgIpc) is 2.88. The Kier molecular flexibility index (Phi) is 10.5. The molecule has 0 bridgehead atoms. The van der Waals surface area contributed by atoms with Crippen LogP contribution in [0.1, 0.15) is 89.2 Å². The van der Waals surface area contributed by atoms with E-state index in [-0.39, 0.29) is 30.4 Å². The third kappa shape index (κ3) is 10.1. The molecule has 0 amide bonds. The lowest BCUT2D eigenvalue weighted by Gasteiger charge is -2.37. The molecule has 0 saturated heterocycles. The molecule has 0 saturated carbocycles. The first-order valence-corrected chi connectivity index (χ1v) is 13.9. The molecule has 0 N–H and O–H groups in total. The number of benzene rings is 3. The second-order valence-electron chi connectivity index (χ2n) is 12.1. The minimum absolute atomic E-state index is 0.0283. The summed E-state index contributed by atoms with van der Waals surface area (Å²) in [5.41, 5.74) is 3.08. The van der Waals surface area contributed by atoms with E-state index in [9.17, 15) is 9.59 Å². The van der Waals surface area contributed by atoms with Gasteiger partial charge in [-0.2, -0.15) is 0 Å². The van der Waals surface area contributed by atoms with Gasteiger partial charge in [-0.1, -0.05) is 84.9 Å². The molecule has 0 aliphatic carbocycles. The number of nitrogens with zero attached hydrogens (tertiary/aromatic N) is 1. The number of carbonyl (C=O) groups excluding carboxylic acids is 2. The third-order valence-electron chi connectivity index (χ3n) is 6.31. The van der Waals surface area contributed by atoms with Crippen molar-refractivity contribution in [1.29, 1.82) is 0 Å². The molecule has 3 aromatic rings. The van der Waals surface area contributed by atoms with Gasteiger partial charge in [0.2, 0.25) is 0 Å². The minimum atomic E-state index is -0.576. The van der Waals surface area contributed by atoms with E-state index in [0.29, 0.717) is 6.54 Å². The lowest BCUT2D eigenvalue weighted by Crippen LogP contribution is -2.34. The summed E-state index contributed by atoms with van der Waals surface area (Å²) < 4.78 is 11.2. The highest BCUT2D eigenvalue weighted by atomic mass is 16.6. The standard InChI is InChI=1S/C35H43NO4/c1-26(29-16-12-9-13-17-29)36(25-28-14-10-8-11-15-28)31(24-33(38)40-35(5,6)7)30-21-18-27(19-22-30)20-23-32(37)39-34(2,3)4/h8-23,26,31H,24-25H2,1-7H3/b23-20+/t26-,31+/m0/s1. The van der Waals surface area contributed by atoms with E-state index in [0.717, 1.165) is 16.7 Å². The summed E-state index contributed by atoms with van der Waals surface area (Å²) >= 11 is 0. The maximum atomic E-state index is 13.2. The second-order valence-corrected chi connectivity index (χ2v) is 12.1. The first kappa shape index (κ1) is 30.8. The SMILES string of the molecule is C[C@@H](c1ccccc1)N(Cc1ccccc1)[C@H](CC(=O)OC(C)(C)C)c1ccc(/C=C/C(=O)OC(C)(C)C)cc1. The summed E-state index contributed by atoms with van der Waals surface area (Å²) in [6.45, 7) is 14.0. The molecule has 40 heavy (non-hydrogen) atoms. The fourth-order valence-corrected chi connectivity index (χ4v) is 4.53. The zero-order valence-electron chi connectivity index (χ0n) is 24.9. The zero-order valence-corrected chi connectivity index (χ0v) is 24.9. The fraction of sp³-hybridized carbons (Fsp3) is 0.371. The lowest BCUT2D eigenvalue weighted by molar-refractivity contribution is -0.156. The molecule has 5 heteroatoms. The Hall–Kier alpha value is -3.70. The van der Waals surface area contributed by atoms with Gasteiger partial charge in [-0.25, -0.2) is 4.79 Å². The number of esters is 2. The van der Waals surface area contributed by atoms with Gasteiger partial charge in [-0.15, -0.1) is 0 Å². The minimum Gasteiger partial charge on any atom is -0.460 e. The van der Waals surface area contributed by atoms with E-state index in [2.05, 4.69) is 36.1 Å². The predicted octanol–water partition coefficient (Wildman–Crippen LogP) is 8.08. The van der Waals surface area contributed by atoms with Gasteiger partial charge in [0.1, 0.15) is 11.2 Å². The first-order chi connectivity index (χ1) is 18.8. The van der Waals surface area contributed by atoms with Crippen molar-refractivity contribution in [3.8, 4) is 0 Å². The summed E-state index contributed by atoms with van der Waals surface area (Å²) in [5, 5.41) is 0. The third-order valence-corrected chi connectivity index (χ3v) is 6.31. The van der Waals surface area contributed by atoms with Crippen molar-refractivity contribution in [2.75, 3.05) is 0 Å². The van der Waals surface area contributed by atoms with Crippen LogP contribution in [0, 0.1) is 0 Å². The molecule has 212 valence electrons. The van der Waals surface area contributed by atoms with E-state index in [1.807, 2.05) is 102 Å². The summed E-state index contributed by atoms with van der Waals surface area (Å²) in [5.74, 6) is -0.630. The Morgan fingerprint density at radius 3 is 1.85 bits per heavy atom. The van der Waals surface area contributed by atoms with Crippen molar-refractivity contribution < 1.29 is 19.1 Å². The van der Waals surface area contributed by atoms with Crippen LogP contribution < -0.4 is 0 Å². The highest BCUT2D eigenvalue weighted by molar-refractivity contribution is 5.87. The highest BCUT2D eigenvalue weighted by Gasteiger charge is 2.30. The van der Waals surface area contributed by atoms with Crippen molar-refractivity contribution in [2.45, 2.75) is 84.7 Å². The van der Waals surface area contributed by atoms with Crippen LogP contribution in [-0.2, 0) is 25.6 Å². The predicted molar refractivity (Wildman–Crippen MR) is 161 cm³/mol. The van der Waals surface area contributed by atoms with Gasteiger partial charge in [0.05, 0.1) is 6.42 Å². The lowest BCUT2D eigenvalue weighted by atomic mass is 9.95. The molecule has 5 nitrogen and oxygen atoms in total. The highest BCUT2D eigenvalue weighted by Crippen LogP contribution is 2.35. The molecule has 2 atom stereocenters. The van der Waals surface area contributed by atoms with Crippen LogP contribution in [0.3, 0.4) is 0 Å². The number of rotatable bonds is 10. The normalized spacial score (nSPS) is 13.7. The largest absolute Gasteiger partial charge is 0.460 e. The van der Waals surface area contributed by atoms with Gasteiger partial charge in [0.15, 0.2) is 0 Å². The molecular formula is C35H43NO4. The quantitative estimate of drug-likeness (QED) is 0.192. The van der Waals surface area contributed by atoms with Crippen LogP contribution in [0.5, 0.6) is 0 Å². The van der Waals surface area contributed by atoms with E-state index in [1.54, 1.807) is 6.08 Å². The van der Waals surface area contributed by atoms with E-state index < -0.39 is 11.2 Å². The van der Waals surface area contributed by atoms with Crippen LogP contribution >= 0.6 is 0 Å². The van der Waals surface area contributed by atoms with E-state index in [4.69, 9.17) is 9.47 Å². The Morgan fingerprint density at radius 1 is 0.750 bits per heavy atom. The molecule has 0 heterocycles. The Balaban J connectivity index is 1.98. The van der Waals surface area contributed by atoms with Gasteiger partial charge in [0, 0.05) is 24.7 Å². The van der Waals surface area contributed by atoms with E-state index in [1.165, 1.54) is 11.6 Å². The van der Waals surface area contributed by atoms with Crippen LogP contribution in [0.25, 0.3) is 6.08 Å². The van der Waals surface area contributed by atoms with Crippen molar-refractivity contribution >= 4 is 18.0 Å². The number of carbonyl (C=O) groups is 2. The first-order valence-electron chi connectivity index (χ1n) is 13.9. The summed E-state index contributed by atoms with van der Waals surface area (Å²) in [7, 11) is 0. The van der Waals surface area contributed by atoms with Gasteiger partial charge in [-0.05, 0) is 76.8 Å².